The topological polar surface area (TPSA) is 12.9 Å². The maximum atomic E-state index is 5.23. The molecule has 0 saturated carbocycles. The molecule has 27 heavy (non-hydrogen) atoms. The van der Waals surface area contributed by atoms with Crippen LogP contribution >= 0.6 is 11.3 Å². The molecule has 1 nitrogen and oxygen atoms in total. The summed E-state index contributed by atoms with van der Waals surface area (Å²) in [4.78, 5) is 8.05. The fourth-order valence-electron chi connectivity index (χ4n) is 4.93. The third-order valence-corrected chi connectivity index (χ3v) is 7.39. The van der Waals surface area contributed by atoms with Crippen LogP contribution in [0.1, 0.15) is 34.9 Å². The third kappa shape index (κ3) is 2.26. The molecule has 132 valence electrons. The average Bonchev–Trinajstić information content (AvgIpc) is 3.24. The number of fused-ring (bicyclic) bond motifs is 6. The normalized spacial score (nSPS) is 17.6. The maximum Gasteiger partial charge on any atom is 0.125 e. The lowest BCUT2D eigenvalue weighted by Crippen LogP contribution is -2.08. The van der Waals surface area contributed by atoms with E-state index in [1.165, 1.54) is 63.0 Å². The van der Waals surface area contributed by atoms with E-state index in [0.29, 0.717) is 0 Å². The fourth-order valence-corrected chi connectivity index (χ4v) is 6.32. The molecule has 2 heterocycles. The lowest BCUT2D eigenvalue weighted by atomic mass is 9.86. The summed E-state index contributed by atoms with van der Waals surface area (Å²) in [5.74, 6) is 0.790. The first-order chi connectivity index (χ1) is 13.3. The molecule has 2 aliphatic carbocycles. The van der Waals surface area contributed by atoms with Crippen LogP contribution in [0.15, 0.2) is 54.6 Å². The van der Waals surface area contributed by atoms with E-state index < -0.39 is 0 Å². The summed E-state index contributed by atoms with van der Waals surface area (Å²) in [7, 11) is 0. The molecule has 6 rings (SSSR count). The Morgan fingerprint density at radius 3 is 2.67 bits per heavy atom. The molecule has 2 aromatic carbocycles. The van der Waals surface area contributed by atoms with E-state index in [1.807, 2.05) is 11.3 Å². The van der Waals surface area contributed by atoms with Gasteiger partial charge in [0, 0.05) is 22.2 Å². The van der Waals surface area contributed by atoms with E-state index in [1.54, 1.807) is 10.4 Å². The molecule has 0 bridgehead atoms. The number of thiophene rings is 1. The van der Waals surface area contributed by atoms with E-state index in [-0.39, 0.29) is 0 Å². The minimum absolute atomic E-state index is 0.790. The first-order valence-electron chi connectivity index (χ1n) is 9.90. The molecule has 2 heteroatoms. The van der Waals surface area contributed by atoms with Crippen LogP contribution in [0.25, 0.3) is 32.6 Å². The summed E-state index contributed by atoms with van der Waals surface area (Å²) in [6.07, 6.45) is 4.71. The predicted octanol–water partition coefficient (Wildman–Crippen LogP) is 6.66. The zero-order valence-electron chi connectivity index (χ0n) is 15.5. The van der Waals surface area contributed by atoms with Crippen LogP contribution in [-0.2, 0) is 19.3 Å². The van der Waals surface area contributed by atoms with Crippen LogP contribution in [0.4, 0.5) is 0 Å². The van der Waals surface area contributed by atoms with E-state index >= 15 is 0 Å². The molecule has 0 fully saturated rings. The number of rotatable bonds is 1. The second-order valence-corrected chi connectivity index (χ2v) is 9.13. The van der Waals surface area contributed by atoms with Crippen molar-refractivity contribution in [3.8, 4) is 22.4 Å². The molecule has 0 N–H and O–H groups in total. The van der Waals surface area contributed by atoms with Gasteiger partial charge in [-0.25, -0.2) is 4.98 Å². The Bertz CT molecular complexity index is 1190. The predicted molar refractivity (Wildman–Crippen MR) is 114 cm³/mol. The number of nitrogens with zero attached hydrogens (tertiary/aromatic N) is 1. The zero-order valence-corrected chi connectivity index (χ0v) is 16.3. The molecule has 0 aliphatic heterocycles. The number of aryl methyl sites for hydroxylation is 1. The minimum atomic E-state index is 0.790. The van der Waals surface area contributed by atoms with E-state index in [4.69, 9.17) is 4.98 Å². The van der Waals surface area contributed by atoms with Crippen molar-refractivity contribution >= 4 is 21.6 Å². The second kappa shape index (κ2) is 5.77. The Morgan fingerprint density at radius 1 is 0.963 bits per heavy atom. The summed E-state index contributed by atoms with van der Waals surface area (Å²) in [6.45, 7) is 2.38. The van der Waals surface area contributed by atoms with Gasteiger partial charge in [-0.1, -0.05) is 61.5 Å². The van der Waals surface area contributed by atoms with E-state index in [2.05, 4.69) is 61.5 Å². The van der Waals surface area contributed by atoms with Gasteiger partial charge in [0.25, 0.3) is 0 Å². The fraction of sp³-hybridized carbons (Fsp3) is 0.240. The molecule has 0 radical (unpaired) electrons. The van der Waals surface area contributed by atoms with E-state index in [9.17, 15) is 0 Å². The van der Waals surface area contributed by atoms with Crippen molar-refractivity contribution in [2.45, 2.75) is 32.6 Å². The Kier molecular flexibility index (Phi) is 3.33. The highest BCUT2D eigenvalue weighted by molar-refractivity contribution is 7.19. The Morgan fingerprint density at radius 2 is 1.78 bits per heavy atom. The Labute approximate surface area is 163 Å². The zero-order chi connectivity index (χ0) is 18.0. The highest BCUT2D eigenvalue weighted by Gasteiger charge is 2.29. The molecule has 1 atom stereocenters. The number of hydrogen-bond donors (Lipinski definition) is 0. The Hall–Kier alpha value is -2.45. The molecular formula is C25H21NS. The third-order valence-electron chi connectivity index (χ3n) is 6.25. The van der Waals surface area contributed by atoms with E-state index in [0.717, 1.165) is 12.3 Å². The molecular weight excluding hydrogens is 346 g/mol. The number of pyridine rings is 1. The average molecular weight is 368 g/mol. The van der Waals surface area contributed by atoms with Crippen molar-refractivity contribution in [3.05, 3.63) is 76.2 Å². The molecule has 2 aliphatic rings. The smallest absolute Gasteiger partial charge is 0.125 e. The number of hydrogen-bond acceptors (Lipinski definition) is 2. The largest absolute Gasteiger partial charge is 0.237 e. The van der Waals surface area contributed by atoms with Crippen molar-refractivity contribution in [2.24, 2.45) is 5.92 Å². The van der Waals surface area contributed by atoms with Crippen molar-refractivity contribution in [3.63, 3.8) is 0 Å². The van der Waals surface area contributed by atoms with Gasteiger partial charge < -0.3 is 0 Å². The molecule has 2 aromatic heterocycles. The lowest BCUT2D eigenvalue weighted by molar-refractivity contribution is 0.509. The Balaban J connectivity index is 1.73. The number of aromatic nitrogens is 1. The van der Waals surface area contributed by atoms with Crippen LogP contribution in [0.3, 0.4) is 0 Å². The highest BCUT2D eigenvalue weighted by atomic mass is 32.1. The van der Waals surface area contributed by atoms with Crippen molar-refractivity contribution in [1.82, 2.24) is 4.98 Å². The van der Waals surface area contributed by atoms with Crippen molar-refractivity contribution < 1.29 is 0 Å². The molecule has 0 spiro atoms. The van der Waals surface area contributed by atoms with Gasteiger partial charge >= 0.3 is 0 Å². The molecule has 1 unspecified atom stereocenters. The van der Waals surface area contributed by atoms with Crippen molar-refractivity contribution in [1.29, 1.82) is 0 Å². The van der Waals surface area contributed by atoms with Gasteiger partial charge in [-0.05, 0) is 53.0 Å². The standard InChI is InChI=1S/C25H21NS/c1-15-11-12-19-21(13-15)27-25-23(19)22(16-7-3-2-4-8-16)20-14-17-9-5-6-10-18(17)24(20)26-25/h2-10,15H,11-14H2,1H3. The maximum absolute atomic E-state index is 5.23. The summed E-state index contributed by atoms with van der Waals surface area (Å²) < 4.78 is 0. The van der Waals surface area contributed by atoms with Gasteiger partial charge in [0.15, 0.2) is 0 Å². The van der Waals surface area contributed by atoms with Crippen LogP contribution in [0.5, 0.6) is 0 Å². The van der Waals surface area contributed by atoms with Crippen LogP contribution in [-0.4, -0.2) is 4.98 Å². The van der Waals surface area contributed by atoms with Crippen LogP contribution in [0, 0.1) is 5.92 Å². The second-order valence-electron chi connectivity index (χ2n) is 8.05. The summed E-state index contributed by atoms with van der Waals surface area (Å²) in [6, 6.07) is 19.8. The van der Waals surface area contributed by atoms with Gasteiger partial charge in [-0.2, -0.15) is 0 Å². The lowest BCUT2D eigenvalue weighted by Gasteiger charge is -2.19. The van der Waals surface area contributed by atoms with Crippen LogP contribution in [0.2, 0.25) is 0 Å². The minimum Gasteiger partial charge on any atom is -0.237 e. The van der Waals surface area contributed by atoms with Gasteiger partial charge in [-0.15, -0.1) is 11.3 Å². The van der Waals surface area contributed by atoms with Gasteiger partial charge in [-0.3, -0.25) is 0 Å². The first kappa shape index (κ1) is 15.6. The van der Waals surface area contributed by atoms with Gasteiger partial charge in [0.05, 0.1) is 5.69 Å². The number of benzene rings is 2. The molecule has 4 aromatic rings. The monoisotopic (exact) mass is 367 g/mol. The summed E-state index contributed by atoms with van der Waals surface area (Å²) in [5.41, 5.74) is 9.74. The van der Waals surface area contributed by atoms with Crippen LogP contribution < -0.4 is 0 Å². The summed E-state index contributed by atoms with van der Waals surface area (Å²) in [5, 5.41) is 1.44. The SMILES string of the molecule is CC1CCc2c(sc3nc4c(c(-c5ccccc5)c23)Cc2ccccc2-4)C1. The van der Waals surface area contributed by atoms with Crippen molar-refractivity contribution in [2.75, 3.05) is 0 Å². The van der Waals surface area contributed by atoms with Gasteiger partial charge in [0.2, 0.25) is 0 Å². The van der Waals surface area contributed by atoms with Gasteiger partial charge in [0.1, 0.15) is 4.83 Å². The molecule has 0 saturated heterocycles. The first-order valence-corrected chi connectivity index (χ1v) is 10.7. The quantitative estimate of drug-likeness (QED) is 0.323. The molecule has 0 amide bonds. The summed E-state index contributed by atoms with van der Waals surface area (Å²) >= 11 is 1.94. The highest BCUT2D eigenvalue weighted by Crippen LogP contribution is 2.48.